The number of nitrogens with zero attached hydrogens (tertiary/aromatic N) is 1. The van der Waals surface area contributed by atoms with Gasteiger partial charge in [-0.25, -0.2) is 0 Å². The van der Waals surface area contributed by atoms with Crippen LogP contribution in [0.2, 0.25) is 0 Å². The fraction of sp³-hybridized carbons (Fsp3) is 0.364. The number of hydrogen-bond donors (Lipinski definition) is 1. The van der Waals surface area contributed by atoms with Gasteiger partial charge < -0.3 is 10.5 Å². The Balaban J connectivity index is 2.82. The molecule has 0 amide bonds. The van der Waals surface area contributed by atoms with Gasteiger partial charge in [-0.2, -0.15) is 0 Å². The molecule has 2 N–H and O–H groups in total. The summed E-state index contributed by atoms with van der Waals surface area (Å²) in [6.07, 6.45) is 0.201. The zero-order valence-electron chi connectivity index (χ0n) is 9.76. The SMILES string of the molecule is CCOC(=O)C(N)Cc1ccc(Br)c([N+](=O)[O-])c1. The van der Waals surface area contributed by atoms with Crippen LogP contribution >= 0.6 is 15.9 Å². The molecule has 0 spiro atoms. The Labute approximate surface area is 112 Å². The number of halogens is 1. The maximum absolute atomic E-state index is 11.3. The molecule has 7 heteroatoms. The van der Waals surface area contributed by atoms with E-state index in [-0.39, 0.29) is 18.7 Å². The van der Waals surface area contributed by atoms with Crippen molar-refractivity contribution in [3.63, 3.8) is 0 Å². The van der Waals surface area contributed by atoms with Crippen LogP contribution in [0.3, 0.4) is 0 Å². The van der Waals surface area contributed by atoms with E-state index < -0.39 is 16.9 Å². The number of benzene rings is 1. The third-order valence-electron chi connectivity index (χ3n) is 2.25. The largest absolute Gasteiger partial charge is 0.465 e. The van der Waals surface area contributed by atoms with Crippen LogP contribution in [0.5, 0.6) is 0 Å². The second-order valence-electron chi connectivity index (χ2n) is 3.61. The van der Waals surface area contributed by atoms with Crippen LogP contribution < -0.4 is 5.73 Å². The molecule has 0 aliphatic rings. The Morgan fingerprint density at radius 2 is 2.28 bits per heavy atom. The van der Waals surface area contributed by atoms with E-state index in [0.717, 1.165) is 0 Å². The molecule has 18 heavy (non-hydrogen) atoms. The van der Waals surface area contributed by atoms with Crippen molar-refractivity contribution in [3.05, 3.63) is 38.3 Å². The van der Waals surface area contributed by atoms with Gasteiger partial charge >= 0.3 is 5.97 Å². The minimum Gasteiger partial charge on any atom is -0.465 e. The van der Waals surface area contributed by atoms with Crippen molar-refractivity contribution < 1.29 is 14.5 Å². The van der Waals surface area contributed by atoms with Crippen LogP contribution in [0.25, 0.3) is 0 Å². The maximum atomic E-state index is 11.3. The van der Waals surface area contributed by atoms with Gasteiger partial charge in [0, 0.05) is 6.07 Å². The van der Waals surface area contributed by atoms with Crippen LogP contribution in [0.4, 0.5) is 5.69 Å². The number of nitrogens with two attached hydrogens (primary N) is 1. The molecule has 1 aromatic rings. The summed E-state index contributed by atoms with van der Waals surface area (Å²) in [6, 6.07) is 3.82. The Morgan fingerprint density at radius 1 is 1.61 bits per heavy atom. The van der Waals surface area contributed by atoms with E-state index in [1.165, 1.54) is 6.07 Å². The lowest BCUT2D eigenvalue weighted by Gasteiger charge is -2.10. The minimum atomic E-state index is -0.814. The third kappa shape index (κ3) is 3.78. The molecule has 0 aromatic heterocycles. The molecular formula is C11H13BrN2O4. The predicted molar refractivity (Wildman–Crippen MR) is 69.1 cm³/mol. The number of nitro benzene ring substituents is 1. The number of hydrogen-bond acceptors (Lipinski definition) is 5. The zero-order valence-corrected chi connectivity index (χ0v) is 11.3. The molecule has 0 bridgehead atoms. The highest BCUT2D eigenvalue weighted by Crippen LogP contribution is 2.26. The van der Waals surface area contributed by atoms with Gasteiger partial charge in [-0.3, -0.25) is 14.9 Å². The normalized spacial score (nSPS) is 11.9. The summed E-state index contributed by atoms with van der Waals surface area (Å²) in [5.74, 6) is -0.511. The van der Waals surface area contributed by atoms with Crippen LogP contribution in [-0.2, 0) is 16.0 Å². The standard InChI is InChI=1S/C11H13BrN2O4/c1-2-18-11(15)9(13)5-7-3-4-8(12)10(6-7)14(16)17/h3-4,6,9H,2,5,13H2,1H3. The van der Waals surface area contributed by atoms with Gasteiger partial charge in [0.25, 0.3) is 5.69 Å². The summed E-state index contributed by atoms with van der Waals surface area (Å²) >= 11 is 3.09. The maximum Gasteiger partial charge on any atom is 0.323 e. The van der Waals surface area contributed by atoms with Crippen molar-refractivity contribution >= 4 is 27.6 Å². The summed E-state index contributed by atoms with van der Waals surface area (Å²) in [5, 5.41) is 10.7. The molecule has 0 fully saturated rings. The highest BCUT2D eigenvalue weighted by molar-refractivity contribution is 9.10. The van der Waals surface area contributed by atoms with Crippen LogP contribution in [-0.4, -0.2) is 23.5 Å². The number of carbonyl (C=O) groups excluding carboxylic acids is 1. The van der Waals surface area contributed by atoms with Gasteiger partial charge in [0.1, 0.15) is 6.04 Å². The summed E-state index contributed by atoms with van der Waals surface area (Å²) < 4.78 is 5.16. The molecule has 1 atom stereocenters. The zero-order chi connectivity index (χ0) is 13.7. The fourth-order valence-corrected chi connectivity index (χ4v) is 1.80. The average molecular weight is 317 g/mol. The van der Waals surface area contributed by atoms with Crippen molar-refractivity contribution in [1.82, 2.24) is 0 Å². The Morgan fingerprint density at radius 3 is 2.83 bits per heavy atom. The smallest absolute Gasteiger partial charge is 0.323 e. The first-order valence-electron chi connectivity index (χ1n) is 5.30. The number of nitro groups is 1. The second-order valence-corrected chi connectivity index (χ2v) is 4.46. The molecule has 0 saturated heterocycles. The quantitative estimate of drug-likeness (QED) is 0.507. The topological polar surface area (TPSA) is 95.5 Å². The Kier molecular flexibility index (Phi) is 5.24. The fourth-order valence-electron chi connectivity index (χ4n) is 1.41. The number of carbonyl (C=O) groups is 1. The lowest BCUT2D eigenvalue weighted by Crippen LogP contribution is -2.34. The van der Waals surface area contributed by atoms with E-state index >= 15 is 0 Å². The van der Waals surface area contributed by atoms with Gasteiger partial charge in [-0.1, -0.05) is 6.07 Å². The van der Waals surface area contributed by atoms with Gasteiger partial charge in [-0.15, -0.1) is 0 Å². The molecule has 0 saturated carbocycles. The second kappa shape index (κ2) is 6.46. The average Bonchev–Trinajstić information content (AvgIpc) is 2.31. The van der Waals surface area contributed by atoms with E-state index in [9.17, 15) is 14.9 Å². The molecule has 0 heterocycles. The van der Waals surface area contributed by atoms with E-state index in [2.05, 4.69) is 15.9 Å². The van der Waals surface area contributed by atoms with Crippen molar-refractivity contribution in [2.45, 2.75) is 19.4 Å². The van der Waals surface area contributed by atoms with E-state index in [0.29, 0.717) is 10.0 Å². The highest BCUT2D eigenvalue weighted by Gasteiger charge is 2.18. The Bertz CT molecular complexity index is 464. The number of rotatable bonds is 5. The lowest BCUT2D eigenvalue weighted by atomic mass is 10.1. The molecule has 0 aliphatic carbocycles. The van der Waals surface area contributed by atoms with E-state index in [1.54, 1.807) is 19.1 Å². The molecule has 0 aliphatic heterocycles. The number of esters is 1. The first-order valence-corrected chi connectivity index (χ1v) is 6.10. The first-order chi connectivity index (χ1) is 8.45. The summed E-state index contributed by atoms with van der Waals surface area (Å²) in [5.41, 5.74) is 6.21. The third-order valence-corrected chi connectivity index (χ3v) is 2.92. The molecule has 1 rings (SSSR count). The molecule has 1 aromatic carbocycles. The lowest BCUT2D eigenvalue weighted by molar-refractivity contribution is -0.385. The van der Waals surface area contributed by atoms with Gasteiger partial charge in [0.15, 0.2) is 0 Å². The van der Waals surface area contributed by atoms with E-state index in [1.807, 2.05) is 0 Å². The van der Waals surface area contributed by atoms with Crippen molar-refractivity contribution in [2.24, 2.45) is 5.73 Å². The van der Waals surface area contributed by atoms with Crippen LogP contribution in [0, 0.1) is 10.1 Å². The van der Waals surface area contributed by atoms with Gasteiger partial charge in [0.05, 0.1) is 16.0 Å². The van der Waals surface area contributed by atoms with Crippen LogP contribution in [0.15, 0.2) is 22.7 Å². The Hall–Kier alpha value is -1.47. The summed E-state index contributed by atoms with van der Waals surface area (Å²) in [6.45, 7) is 1.95. The van der Waals surface area contributed by atoms with Gasteiger partial charge in [0.2, 0.25) is 0 Å². The molecule has 1 unspecified atom stereocenters. The highest BCUT2D eigenvalue weighted by atomic mass is 79.9. The van der Waals surface area contributed by atoms with Crippen molar-refractivity contribution in [2.75, 3.05) is 6.61 Å². The molecule has 6 nitrogen and oxygen atoms in total. The minimum absolute atomic E-state index is 0.0523. The monoisotopic (exact) mass is 316 g/mol. The van der Waals surface area contributed by atoms with Crippen molar-refractivity contribution in [1.29, 1.82) is 0 Å². The van der Waals surface area contributed by atoms with Crippen molar-refractivity contribution in [3.8, 4) is 0 Å². The summed E-state index contributed by atoms with van der Waals surface area (Å²) in [7, 11) is 0. The molecular weight excluding hydrogens is 304 g/mol. The molecule has 0 radical (unpaired) electrons. The predicted octanol–water partition coefficient (Wildman–Crippen LogP) is 1.79. The van der Waals surface area contributed by atoms with E-state index in [4.69, 9.17) is 10.5 Å². The summed E-state index contributed by atoms with van der Waals surface area (Å²) in [4.78, 5) is 21.6. The van der Waals surface area contributed by atoms with Gasteiger partial charge in [-0.05, 0) is 40.9 Å². The first kappa shape index (κ1) is 14.6. The molecule has 98 valence electrons. The van der Waals surface area contributed by atoms with Crippen LogP contribution in [0.1, 0.15) is 12.5 Å². The number of ether oxygens (including phenoxy) is 1.